The molecule has 0 saturated heterocycles. The van der Waals surface area contributed by atoms with Gasteiger partial charge in [0.15, 0.2) is 0 Å². The zero-order valence-electron chi connectivity index (χ0n) is 13.2. The average molecular weight is 304 g/mol. The van der Waals surface area contributed by atoms with E-state index in [9.17, 15) is 0 Å². The lowest BCUT2D eigenvalue weighted by Gasteiger charge is -2.15. The summed E-state index contributed by atoms with van der Waals surface area (Å²) in [5, 5.41) is 3.23. The van der Waals surface area contributed by atoms with Gasteiger partial charge in [-0.3, -0.25) is 0 Å². The first-order valence-electron chi connectivity index (χ1n) is 7.33. The maximum atomic E-state index is 6.32. The second-order valence-electron chi connectivity index (χ2n) is 6.19. The highest BCUT2D eigenvalue weighted by Gasteiger charge is 2.18. The van der Waals surface area contributed by atoms with E-state index >= 15 is 0 Å². The maximum absolute atomic E-state index is 6.32. The molecule has 0 fully saturated rings. The summed E-state index contributed by atoms with van der Waals surface area (Å²) in [7, 11) is 0. The number of hydrogen-bond acceptors (Lipinski definition) is 4. The summed E-state index contributed by atoms with van der Waals surface area (Å²) in [5.41, 5.74) is 8.64. The second-order valence-corrected chi connectivity index (χ2v) is 7.14. The lowest BCUT2D eigenvalue weighted by molar-refractivity contribution is 0.339. The molecule has 1 atom stereocenters. The van der Waals surface area contributed by atoms with Gasteiger partial charge < -0.3 is 10.5 Å². The molecule has 1 aromatic heterocycles. The highest BCUT2D eigenvalue weighted by molar-refractivity contribution is 7.09. The SMILES string of the molecule is CCOc1cccc(C(N)Cc2nc(C(C)(C)C)cs2)c1. The van der Waals surface area contributed by atoms with Crippen molar-refractivity contribution in [2.24, 2.45) is 5.73 Å². The summed E-state index contributed by atoms with van der Waals surface area (Å²) in [6.45, 7) is 9.18. The second kappa shape index (κ2) is 6.58. The quantitative estimate of drug-likeness (QED) is 0.905. The molecule has 1 unspecified atom stereocenters. The molecule has 21 heavy (non-hydrogen) atoms. The molecule has 0 bridgehead atoms. The van der Waals surface area contributed by atoms with Crippen molar-refractivity contribution in [1.29, 1.82) is 0 Å². The highest BCUT2D eigenvalue weighted by atomic mass is 32.1. The molecule has 0 saturated carbocycles. The van der Waals surface area contributed by atoms with E-state index in [2.05, 4.69) is 26.2 Å². The Balaban J connectivity index is 2.09. The number of nitrogens with two attached hydrogens (primary N) is 1. The van der Waals surface area contributed by atoms with Crippen molar-refractivity contribution in [3.05, 3.63) is 45.9 Å². The number of nitrogens with zero attached hydrogens (tertiary/aromatic N) is 1. The Labute approximate surface area is 131 Å². The molecular weight excluding hydrogens is 280 g/mol. The van der Waals surface area contributed by atoms with Gasteiger partial charge in [0.1, 0.15) is 5.75 Å². The van der Waals surface area contributed by atoms with Gasteiger partial charge in [0, 0.05) is 23.3 Å². The van der Waals surface area contributed by atoms with Crippen LogP contribution in [0.5, 0.6) is 5.75 Å². The van der Waals surface area contributed by atoms with Crippen molar-refractivity contribution in [2.75, 3.05) is 6.61 Å². The Morgan fingerprint density at radius 2 is 2.10 bits per heavy atom. The zero-order chi connectivity index (χ0) is 15.5. The Bertz CT molecular complexity index is 586. The van der Waals surface area contributed by atoms with Crippen LogP contribution in [0.15, 0.2) is 29.6 Å². The van der Waals surface area contributed by atoms with Crippen LogP contribution in [0.1, 0.15) is 50.0 Å². The Morgan fingerprint density at radius 1 is 1.33 bits per heavy atom. The molecule has 2 rings (SSSR count). The van der Waals surface area contributed by atoms with Gasteiger partial charge in [-0.05, 0) is 24.6 Å². The van der Waals surface area contributed by atoms with Crippen LogP contribution in [0.3, 0.4) is 0 Å². The smallest absolute Gasteiger partial charge is 0.119 e. The lowest BCUT2D eigenvalue weighted by Crippen LogP contribution is -2.15. The summed E-state index contributed by atoms with van der Waals surface area (Å²) < 4.78 is 5.53. The van der Waals surface area contributed by atoms with Gasteiger partial charge in [0.2, 0.25) is 0 Å². The first-order chi connectivity index (χ1) is 9.90. The molecule has 0 aliphatic carbocycles. The van der Waals surface area contributed by atoms with Crippen molar-refractivity contribution in [3.8, 4) is 5.75 Å². The molecule has 0 amide bonds. The number of aromatic nitrogens is 1. The summed E-state index contributed by atoms with van der Waals surface area (Å²) >= 11 is 1.69. The van der Waals surface area contributed by atoms with Crippen LogP contribution in [-0.4, -0.2) is 11.6 Å². The zero-order valence-corrected chi connectivity index (χ0v) is 14.0. The van der Waals surface area contributed by atoms with E-state index in [0.29, 0.717) is 6.61 Å². The van der Waals surface area contributed by atoms with Crippen molar-refractivity contribution in [2.45, 2.75) is 45.6 Å². The van der Waals surface area contributed by atoms with Crippen LogP contribution in [0.4, 0.5) is 0 Å². The van der Waals surface area contributed by atoms with Crippen LogP contribution in [-0.2, 0) is 11.8 Å². The number of thiazole rings is 1. The Hall–Kier alpha value is -1.39. The van der Waals surface area contributed by atoms with E-state index in [1.165, 1.54) is 0 Å². The number of benzene rings is 1. The van der Waals surface area contributed by atoms with Crippen LogP contribution >= 0.6 is 11.3 Å². The normalized spacial score (nSPS) is 13.2. The van der Waals surface area contributed by atoms with Crippen molar-refractivity contribution in [1.82, 2.24) is 4.98 Å². The van der Waals surface area contributed by atoms with E-state index < -0.39 is 0 Å². The predicted molar refractivity (Wildman–Crippen MR) is 89.1 cm³/mol. The number of hydrogen-bond donors (Lipinski definition) is 1. The standard InChI is InChI=1S/C17H24N2OS/c1-5-20-13-8-6-7-12(9-13)14(18)10-16-19-15(11-21-16)17(2,3)4/h6-9,11,14H,5,10,18H2,1-4H3. The maximum Gasteiger partial charge on any atom is 0.119 e. The molecule has 4 heteroatoms. The monoisotopic (exact) mass is 304 g/mol. The molecule has 1 aromatic carbocycles. The minimum atomic E-state index is -0.0515. The fraction of sp³-hybridized carbons (Fsp3) is 0.471. The molecule has 0 aliphatic heterocycles. The molecule has 114 valence electrons. The van der Waals surface area contributed by atoms with Gasteiger partial charge in [0.25, 0.3) is 0 Å². The van der Waals surface area contributed by atoms with E-state index in [4.69, 9.17) is 15.5 Å². The van der Waals surface area contributed by atoms with Gasteiger partial charge in [-0.25, -0.2) is 4.98 Å². The molecule has 2 N–H and O–H groups in total. The summed E-state index contributed by atoms with van der Waals surface area (Å²) in [4.78, 5) is 4.71. The summed E-state index contributed by atoms with van der Waals surface area (Å²) in [6, 6.07) is 7.96. The third-order valence-corrected chi connectivity index (χ3v) is 4.18. The highest BCUT2D eigenvalue weighted by Crippen LogP contribution is 2.27. The summed E-state index contributed by atoms with van der Waals surface area (Å²) in [6.07, 6.45) is 0.760. The minimum Gasteiger partial charge on any atom is -0.494 e. The van der Waals surface area contributed by atoms with Crippen molar-refractivity contribution >= 4 is 11.3 Å². The van der Waals surface area contributed by atoms with Gasteiger partial charge in [-0.1, -0.05) is 32.9 Å². The Morgan fingerprint density at radius 3 is 2.71 bits per heavy atom. The summed E-state index contributed by atoms with van der Waals surface area (Å²) in [5.74, 6) is 0.875. The van der Waals surface area contributed by atoms with Crippen LogP contribution in [0, 0.1) is 0 Å². The van der Waals surface area contributed by atoms with Crippen LogP contribution in [0.25, 0.3) is 0 Å². The molecule has 2 aromatic rings. The largest absolute Gasteiger partial charge is 0.494 e. The average Bonchev–Trinajstić information content (AvgIpc) is 2.88. The fourth-order valence-electron chi connectivity index (χ4n) is 2.06. The topological polar surface area (TPSA) is 48.1 Å². The Kier molecular flexibility index (Phi) is 5.01. The van der Waals surface area contributed by atoms with Gasteiger partial charge >= 0.3 is 0 Å². The van der Waals surface area contributed by atoms with Crippen LogP contribution < -0.4 is 10.5 Å². The molecule has 0 radical (unpaired) electrons. The number of ether oxygens (including phenoxy) is 1. The van der Waals surface area contributed by atoms with E-state index in [0.717, 1.165) is 28.4 Å². The molecule has 1 heterocycles. The molecule has 0 spiro atoms. The molecule has 0 aliphatic rings. The van der Waals surface area contributed by atoms with Crippen molar-refractivity contribution in [3.63, 3.8) is 0 Å². The number of rotatable bonds is 5. The van der Waals surface area contributed by atoms with E-state index in [1.54, 1.807) is 11.3 Å². The third-order valence-electron chi connectivity index (χ3n) is 3.31. The van der Waals surface area contributed by atoms with E-state index in [1.807, 2.05) is 31.2 Å². The van der Waals surface area contributed by atoms with Gasteiger partial charge in [0.05, 0.1) is 17.3 Å². The first-order valence-corrected chi connectivity index (χ1v) is 8.21. The van der Waals surface area contributed by atoms with Gasteiger partial charge in [-0.2, -0.15) is 0 Å². The molecular formula is C17H24N2OS. The van der Waals surface area contributed by atoms with Crippen LogP contribution in [0.2, 0.25) is 0 Å². The predicted octanol–water partition coefficient (Wildman–Crippen LogP) is 4.08. The minimum absolute atomic E-state index is 0.0515. The third kappa shape index (κ3) is 4.29. The molecule has 3 nitrogen and oxygen atoms in total. The van der Waals surface area contributed by atoms with E-state index in [-0.39, 0.29) is 11.5 Å². The lowest BCUT2D eigenvalue weighted by atomic mass is 9.93. The van der Waals surface area contributed by atoms with Gasteiger partial charge in [-0.15, -0.1) is 11.3 Å². The fourth-order valence-corrected chi connectivity index (χ4v) is 3.14. The first kappa shape index (κ1) is 16.0. The van der Waals surface area contributed by atoms with Crippen molar-refractivity contribution < 1.29 is 4.74 Å².